The van der Waals surface area contributed by atoms with Crippen LogP contribution in [0.15, 0.2) is 45.3 Å². The lowest BCUT2D eigenvalue weighted by atomic mass is 10.1. The molecule has 5 heteroatoms. The molecule has 0 aliphatic heterocycles. The molecule has 0 amide bonds. The number of anilines is 1. The summed E-state index contributed by atoms with van der Waals surface area (Å²) in [5.74, 6) is 0.509. The third-order valence-electron chi connectivity index (χ3n) is 3.31. The molecule has 0 unspecified atom stereocenters. The number of rotatable bonds is 2. The molecule has 0 aliphatic rings. The maximum atomic E-state index is 6.12. The molecule has 3 aromatic rings. The fourth-order valence-electron chi connectivity index (χ4n) is 2.38. The molecule has 0 bridgehead atoms. The maximum absolute atomic E-state index is 6.12. The smallest absolute Gasteiger partial charge is 0.205 e. The zero-order valence-electron chi connectivity index (χ0n) is 10.9. The van der Waals surface area contributed by atoms with Crippen LogP contribution in [0.4, 0.5) is 5.95 Å². The van der Waals surface area contributed by atoms with Crippen LogP contribution in [0.2, 0.25) is 0 Å². The first-order valence-electron chi connectivity index (χ1n) is 6.32. The molecule has 3 nitrogen and oxygen atoms in total. The Morgan fingerprint density at radius 3 is 2.55 bits per heavy atom. The molecule has 3 rings (SSSR count). The fraction of sp³-hybridized carbons (Fsp3) is 0.133. The summed E-state index contributed by atoms with van der Waals surface area (Å²) in [4.78, 5) is 4.45. The highest BCUT2D eigenvalue weighted by Gasteiger charge is 2.13. The summed E-state index contributed by atoms with van der Waals surface area (Å²) in [6.45, 7) is 2.14. The van der Waals surface area contributed by atoms with Gasteiger partial charge in [-0.1, -0.05) is 38.8 Å². The number of nitrogen functional groups attached to an aromatic ring is 1. The molecule has 2 N–H and O–H groups in total. The van der Waals surface area contributed by atoms with Crippen molar-refractivity contribution in [2.24, 2.45) is 0 Å². The summed E-state index contributed by atoms with van der Waals surface area (Å²) in [6.07, 6.45) is 0.935. The molecule has 20 heavy (non-hydrogen) atoms. The SMILES string of the molecule is CCc1cc(Br)ccc1-n1c(N)nc2cc(Br)ccc21. The largest absolute Gasteiger partial charge is 0.369 e. The van der Waals surface area contributed by atoms with Crippen LogP contribution in [0, 0.1) is 0 Å². The van der Waals surface area contributed by atoms with Gasteiger partial charge in [0.05, 0.1) is 16.7 Å². The van der Waals surface area contributed by atoms with Gasteiger partial charge in [0.1, 0.15) is 0 Å². The molecule has 2 aromatic carbocycles. The van der Waals surface area contributed by atoms with E-state index in [1.807, 2.05) is 28.8 Å². The second kappa shape index (κ2) is 5.22. The minimum atomic E-state index is 0.509. The Balaban J connectivity index is 2.32. The lowest BCUT2D eigenvalue weighted by Crippen LogP contribution is -2.03. The van der Waals surface area contributed by atoms with Gasteiger partial charge in [-0.25, -0.2) is 4.98 Å². The van der Waals surface area contributed by atoms with Crippen LogP contribution in [0.1, 0.15) is 12.5 Å². The topological polar surface area (TPSA) is 43.8 Å². The van der Waals surface area contributed by atoms with Crippen molar-refractivity contribution in [3.63, 3.8) is 0 Å². The number of imidazole rings is 1. The molecular formula is C15H13Br2N3. The normalized spacial score (nSPS) is 11.2. The molecule has 0 saturated carbocycles. The number of halogens is 2. The van der Waals surface area contributed by atoms with Gasteiger partial charge >= 0.3 is 0 Å². The van der Waals surface area contributed by atoms with Crippen molar-refractivity contribution < 1.29 is 0 Å². The molecule has 0 atom stereocenters. The third kappa shape index (κ3) is 2.25. The van der Waals surface area contributed by atoms with Crippen molar-refractivity contribution in [1.29, 1.82) is 0 Å². The molecule has 0 saturated heterocycles. The van der Waals surface area contributed by atoms with Gasteiger partial charge in [-0.3, -0.25) is 4.57 Å². The number of aryl methyl sites for hydroxylation is 1. The molecule has 0 aliphatic carbocycles. The third-order valence-corrected chi connectivity index (χ3v) is 4.29. The minimum Gasteiger partial charge on any atom is -0.369 e. The molecule has 0 spiro atoms. The van der Waals surface area contributed by atoms with Gasteiger partial charge in [0, 0.05) is 8.95 Å². The van der Waals surface area contributed by atoms with Gasteiger partial charge in [0.2, 0.25) is 5.95 Å². The maximum Gasteiger partial charge on any atom is 0.205 e. The fourth-order valence-corrected chi connectivity index (χ4v) is 3.14. The highest BCUT2D eigenvalue weighted by molar-refractivity contribution is 9.10. The van der Waals surface area contributed by atoms with Crippen LogP contribution < -0.4 is 5.73 Å². The van der Waals surface area contributed by atoms with Crippen LogP contribution in [-0.2, 0) is 6.42 Å². The van der Waals surface area contributed by atoms with Gasteiger partial charge in [-0.15, -0.1) is 0 Å². The Hall–Kier alpha value is -1.33. The van der Waals surface area contributed by atoms with Crippen molar-refractivity contribution in [3.8, 4) is 5.69 Å². The van der Waals surface area contributed by atoms with E-state index >= 15 is 0 Å². The average Bonchev–Trinajstić information content (AvgIpc) is 2.73. The van der Waals surface area contributed by atoms with E-state index < -0.39 is 0 Å². The van der Waals surface area contributed by atoms with Gasteiger partial charge in [-0.2, -0.15) is 0 Å². The van der Waals surface area contributed by atoms with Gasteiger partial charge in [0.15, 0.2) is 0 Å². The first-order chi connectivity index (χ1) is 9.60. The zero-order chi connectivity index (χ0) is 14.3. The van der Waals surface area contributed by atoms with E-state index in [9.17, 15) is 0 Å². The number of hydrogen-bond donors (Lipinski definition) is 1. The van der Waals surface area contributed by atoms with Crippen LogP contribution in [0.3, 0.4) is 0 Å². The van der Waals surface area contributed by atoms with E-state index in [4.69, 9.17) is 5.73 Å². The standard InChI is InChI=1S/C15H13Br2N3/c1-2-9-7-10(16)3-5-13(9)20-14-6-4-11(17)8-12(14)19-15(20)18/h3-8H,2H2,1H3,(H2,18,19). The predicted molar refractivity (Wildman–Crippen MR) is 90.3 cm³/mol. The Bertz CT molecular complexity index is 793. The first kappa shape index (κ1) is 13.6. The van der Waals surface area contributed by atoms with Crippen molar-refractivity contribution in [3.05, 3.63) is 50.9 Å². The Morgan fingerprint density at radius 2 is 1.80 bits per heavy atom. The number of fused-ring (bicyclic) bond motifs is 1. The van der Waals surface area contributed by atoms with E-state index in [2.05, 4.69) is 55.9 Å². The quantitative estimate of drug-likeness (QED) is 0.684. The van der Waals surface area contributed by atoms with E-state index in [1.54, 1.807) is 0 Å². The summed E-state index contributed by atoms with van der Waals surface area (Å²) in [5.41, 5.74) is 10.3. The van der Waals surface area contributed by atoms with Crippen molar-refractivity contribution in [2.75, 3.05) is 5.73 Å². The molecule has 102 valence electrons. The number of aromatic nitrogens is 2. The summed E-state index contributed by atoms with van der Waals surface area (Å²) < 4.78 is 4.08. The lowest BCUT2D eigenvalue weighted by Gasteiger charge is -2.12. The number of hydrogen-bond acceptors (Lipinski definition) is 2. The van der Waals surface area contributed by atoms with E-state index in [0.29, 0.717) is 5.95 Å². The zero-order valence-corrected chi connectivity index (χ0v) is 14.1. The predicted octanol–water partition coefficient (Wildman–Crippen LogP) is 4.70. The Kier molecular flexibility index (Phi) is 3.56. The molecule has 0 radical (unpaired) electrons. The molecular weight excluding hydrogens is 382 g/mol. The second-order valence-electron chi connectivity index (χ2n) is 4.57. The monoisotopic (exact) mass is 393 g/mol. The number of nitrogens with zero attached hydrogens (tertiary/aromatic N) is 2. The summed E-state index contributed by atoms with van der Waals surface area (Å²) in [6, 6.07) is 12.2. The minimum absolute atomic E-state index is 0.509. The molecule has 1 aromatic heterocycles. The van der Waals surface area contributed by atoms with Gasteiger partial charge in [0.25, 0.3) is 0 Å². The number of nitrogens with two attached hydrogens (primary N) is 1. The van der Waals surface area contributed by atoms with Crippen molar-refractivity contribution in [1.82, 2.24) is 9.55 Å². The van der Waals surface area contributed by atoms with E-state index in [1.165, 1.54) is 5.56 Å². The summed E-state index contributed by atoms with van der Waals surface area (Å²) >= 11 is 6.98. The van der Waals surface area contributed by atoms with Gasteiger partial charge < -0.3 is 5.73 Å². The second-order valence-corrected chi connectivity index (χ2v) is 6.40. The van der Waals surface area contributed by atoms with Crippen molar-refractivity contribution in [2.45, 2.75) is 13.3 Å². The van der Waals surface area contributed by atoms with Crippen LogP contribution >= 0.6 is 31.9 Å². The highest BCUT2D eigenvalue weighted by atomic mass is 79.9. The van der Waals surface area contributed by atoms with E-state index in [-0.39, 0.29) is 0 Å². The van der Waals surface area contributed by atoms with Gasteiger partial charge in [-0.05, 0) is 48.4 Å². The van der Waals surface area contributed by atoms with Crippen molar-refractivity contribution >= 4 is 48.8 Å². The summed E-state index contributed by atoms with van der Waals surface area (Å²) in [5, 5.41) is 0. The van der Waals surface area contributed by atoms with E-state index in [0.717, 1.165) is 32.1 Å². The molecule has 1 heterocycles. The number of benzene rings is 2. The highest BCUT2D eigenvalue weighted by Crippen LogP contribution is 2.29. The first-order valence-corrected chi connectivity index (χ1v) is 7.91. The summed E-state index contributed by atoms with van der Waals surface area (Å²) in [7, 11) is 0. The average molecular weight is 395 g/mol. The molecule has 0 fully saturated rings. The lowest BCUT2D eigenvalue weighted by molar-refractivity contribution is 1.04. The Labute approximate surface area is 134 Å². The van der Waals surface area contributed by atoms with Crippen LogP contribution in [-0.4, -0.2) is 9.55 Å². The van der Waals surface area contributed by atoms with Crippen LogP contribution in [0.5, 0.6) is 0 Å². The van der Waals surface area contributed by atoms with Crippen LogP contribution in [0.25, 0.3) is 16.7 Å². The Morgan fingerprint density at radius 1 is 1.10 bits per heavy atom.